The average molecular weight is 448 g/mol. The molecule has 1 N–H and O–H groups in total. The van der Waals surface area contributed by atoms with Gasteiger partial charge in [-0.3, -0.25) is 4.98 Å². The van der Waals surface area contributed by atoms with E-state index in [9.17, 15) is 4.79 Å². The van der Waals surface area contributed by atoms with E-state index in [4.69, 9.17) is 13.9 Å². The van der Waals surface area contributed by atoms with Crippen molar-refractivity contribution in [2.45, 2.75) is 71.2 Å². The molecule has 0 fully saturated rings. The van der Waals surface area contributed by atoms with Crippen LogP contribution in [0, 0.1) is 0 Å². The molecule has 8 heteroatoms. The van der Waals surface area contributed by atoms with Crippen molar-refractivity contribution < 1.29 is 18.7 Å². The molecule has 0 spiro atoms. The Labute approximate surface area is 187 Å². The molecule has 2 rings (SSSR count). The molecule has 0 saturated heterocycles. The van der Waals surface area contributed by atoms with Crippen molar-refractivity contribution in [3.63, 3.8) is 0 Å². The second kappa shape index (κ2) is 9.52. The van der Waals surface area contributed by atoms with E-state index in [2.05, 4.69) is 49.1 Å². The molecule has 2 aromatic rings. The number of methoxy groups -OCH3 is 1. The molecule has 2 heterocycles. The number of rotatable bonds is 7. The van der Waals surface area contributed by atoms with E-state index in [1.807, 2.05) is 32.9 Å². The number of amides is 1. The van der Waals surface area contributed by atoms with Crippen LogP contribution in [0.25, 0.3) is 11.0 Å². The van der Waals surface area contributed by atoms with E-state index < -0.39 is 20.0 Å². The molecule has 1 amide bonds. The van der Waals surface area contributed by atoms with Crippen LogP contribution < -0.4 is 10.1 Å². The quantitative estimate of drug-likeness (QED) is 0.582. The van der Waals surface area contributed by atoms with E-state index in [1.54, 1.807) is 19.4 Å². The van der Waals surface area contributed by atoms with Gasteiger partial charge in [-0.25, -0.2) is 9.78 Å². The highest BCUT2D eigenvalue weighted by Gasteiger charge is 2.38. The average Bonchev–Trinajstić information content (AvgIpc) is 2.65. The normalized spacial score (nSPS) is 13.7. The number of hydrogen-bond acceptors (Lipinski definition) is 6. The third-order valence-corrected chi connectivity index (χ3v) is 10.1. The molecule has 0 aromatic carbocycles. The summed E-state index contributed by atoms with van der Waals surface area (Å²) in [5.41, 5.74) is 1.92. The monoisotopic (exact) mass is 447 g/mol. The minimum absolute atomic E-state index is 0.0813. The highest BCUT2D eigenvalue weighted by atomic mass is 28.4. The maximum absolute atomic E-state index is 12.3. The summed E-state index contributed by atoms with van der Waals surface area (Å²) < 4.78 is 17.2. The Kier molecular flexibility index (Phi) is 7.70. The van der Waals surface area contributed by atoms with Crippen molar-refractivity contribution in [1.29, 1.82) is 0 Å². The van der Waals surface area contributed by atoms with Crippen LogP contribution in [0.5, 0.6) is 5.88 Å². The number of nitrogens with zero attached hydrogens (tertiary/aromatic N) is 2. The lowest BCUT2D eigenvalue weighted by Gasteiger charge is -2.37. The summed E-state index contributed by atoms with van der Waals surface area (Å²) >= 11 is 0. The van der Waals surface area contributed by atoms with Crippen LogP contribution in [0.2, 0.25) is 18.1 Å². The molecule has 0 bridgehead atoms. The van der Waals surface area contributed by atoms with Crippen molar-refractivity contribution in [2.75, 3.05) is 20.3 Å². The lowest BCUT2D eigenvalue weighted by molar-refractivity contribution is 0.0521. The van der Waals surface area contributed by atoms with E-state index >= 15 is 0 Å². The Balaban J connectivity index is 2.35. The summed E-state index contributed by atoms with van der Waals surface area (Å²) in [4.78, 5) is 21.4. The van der Waals surface area contributed by atoms with Gasteiger partial charge in [0.05, 0.1) is 18.1 Å². The largest absolute Gasteiger partial charge is 0.481 e. The van der Waals surface area contributed by atoms with Crippen LogP contribution in [-0.4, -0.2) is 50.2 Å². The van der Waals surface area contributed by atoms with Crippen molar-refractivity contribution in [1.82, 2.24) is 15.3 Å². The number of carbonyl (C=O) groups excluding carboxylic acids is 1. The number of carbonyl (C=O) groups is 1. The Morgan fingerprint density at radius 2 is 1.81 bits per heavy atom. The van der Waals surface area contributed by atoms with Crippen LogP contribution in [0.4, 0.5) is 4.79 Å². The molecule has 31 heavy (non-hydrogen) atoms. The first-order valence-corrected chi connectivity index (χ1v) is 13.5. The molecule has 0 aliphatic heterocycles. The third kappa shape index (κ3) is 6.90. The number of aromatic nitrogens is 2. The predicted octanol–water partition coefficient (Wildman–Crippen LogP) is 5.27. The maximum atomic E-state index is 12.3. The fourth-order valence-electron chi connectivity index (χ4n) is 2.78. The molecular formula is C23H37N3O4Si. The van der Waals surface area contributed by atoms with E-state index in [0.717, 1.165) is 16.6 Å². The van der Waals surface area contributed by atoms with Crippen LogP contribution in [-0.2, 0) is 9.16 Å². The van der Waals surface area contributed by atoms with Gasteiger partial charge in [-0.15, -0.1) is 0 Å². The van der Waals surface area contributed by atoms with Crippen LogP contribution >= 0.6 is 0 Å². The van der Waals surface area contributed by atoms with Gasteiger partial charge in [0.2, 0.25) is 5.88 Å². The first-order chi connectivity index (χ1) is 14.2. The van der Waals surface area contributed by atoms with E-state index in [0.29, 0.717) is 19.0 Å². The summed E-state index contributed by atoms with van der Waals surface area (Å²) in [7, 11) is -0.395. The molecule has 0 aliphatic rings. The Morgan fingerprint density at radius 3 is 2.39 bits per heavy atom. The van der Waals surface area contributed by atoms with Gasteiger partial charge in [0.1, 0.15) is 5.60 Å². The zero-order chi connectivity index (χ0) is 23.4. The number of fused-ring (bicyclic) bond motifs is 1. The second-order valence-electron chi connectivity index (χ2n) is 10.3. The summed E-state index contributed by atoms with van der Waals surface area (Å²) in [6, 6.07) is 5.61. The zero-order valence-corrected chi connectivity index (χ0v) is 21.3. The smallest absolute Gasteiger partial charge is 0.407 e. The fraction of sp³-hybridized carbons (Fsp3) is 0.609. The van der Waals surface area contributed by atoms with Gasteiger partial charge < -0.3 is 19.2 Å². The highest BCUT2D eigenvalue weighted by molar-refractivity contribution is 6.74. The van der Waals surface area contributed by atoms with Gasteiger partial charge in [-0.2, -0.15) is 0 Å². The van der Waals surface area contributed by atoms with Gasteiger partial charge in [0.15, 0.2) is 8.32 Å². The molecule has 0 saturated carbocycles. The number of pyridine rings is 2. The first-order valence-electron chi connectivity index (χ1n) is 10.6. The van der Waals surface area contributed by atoms with Crippen molar-refractivity contribution >= 4 is 25.4 Å². The van der Waals surface area contributed by atoms with E-state index in [1.165, 1.54) is 0 Å². The number of alkyl carbamates (subject to hydrolysis) is 1. The SMILES string of the molecule is COc1ccc2nccc(C(CNC(=O)OC(C)(C)C)CO[Si](C)(C)C(C)(C)C)c2n1. The molecule has 172 valence electrons. The van der Waals surface area contributed by atoms with Gasteiger partial charge in [0.25, 0.3) is 0 Å². The Bertz CT molecular complexity index is 904. The molecule has 7 nitrogen and oxygen atoms in total. The number of hydrogen-bond donors (Lipinski definition) is 1. The predicted molar refractivity (Wildman–Crippen MR) is 126 cm³/mol. The van der Waals surface area contributed by atoms with E-state index in [-0.39, 0.29) is 11.0 Å². The molecule has 0 aliphatic carbocycles. The highest BCUT2D eigenvalue weighted by Crippen LogP contribution is 2.37. The van der Waals surface area contributed by atoms with Gasteiger partial charge >= 0.3 is 6.09 Å². The summed E-state index contributed by atoms with van der Waals surface area (Å²) in [6.07, 6.45) is 1.31. The maximum Gasteiger partial charge on any atom is 0.407 e. The fourth-order valence-corrected chi connectivity index (χ4v) is 3.83. The molecule has 1 atom stereocenters. The molecular weight excluding hydrogens is 410 g/mol. The van der Waals surface area contributed by atoms with Crippen molar-refractivity contribution in [3.05, 3.63) is 30.0 Å². The van der Waals surface area contributed by atoms with Gasteiger partial charge in [-0.05, 0) is 56.6 Å². The summed E-state index contributed by atoms with van der Waals surface area (Å²) in [5.74, 6) is 0.401. The van der Waals surface area contributed by atoms with Crippen LogP contribution in [0.1, 0.15) is 53.0 Å². The first kappa shape index (κ1) is 25.1. The minimum Gasteiger partial charge on any atom is -0.481 e. The van der Waals surface area contributed by atoms with Crippen LogP contribution in [0.3, 0.4) is 0 Å². The lowest BCUT2D eigenvalue weighted by Crippen LogP contribution is -2.43. The molecule has 2 aromatic heterocycles. The Hall–Kier alpha value is -2.19. The van der Waals surface area contributed by atoms with Gasteiger partial charge in [-0.1, -0.05) is 20.8 Å². The molecule has 1 unspecified atom stereocenters. The number of nitrogens with one attached hydrogen (secondary N) is 1. The standard InChI is InChI=1S/C23H37N3O4Si/c1-22(2,3)30-21(27)25-14-16(15-29-31(8,9)23(4,5)6)17-12-13-24-18-10-11-19(28-7)26-20(17)18/h10-13,16H,14-15H2,1-9H3,(H,25,27). The van der Waals surface area contributed by atoms with Crippen molar-refractivity contribution in [2.24, 2.45) is 0 Å². The summed E-state index contributed by atoms with van der Waals surface area (Å²) in [5, 5.41) is 2.98. The zero-order valence-electron chi connectivity index (χ0n) is 20.3. The third-order valence-electron chi connectivity index (χ3n) is 5.58. The van der Waals surface area contributed by atoms with Crippen LogP contribution in [0.15, 0.2) is 24.4 Å². The van der Waals surface area contributed by atoms with Crippen molar-refractivity contribution in [3.8, 4) is 5.88 Å². The van der Waals surface area contributed by atoms with Gasteiger partial charge in [0, 0.05) is 31.3 Å². The Morgan fingerprint density at radius 1 is 1.13 bits per heavy atom. The number of ether oxygens (including phenoxy) is 2. The topological polar surface area (TPSA) is 82.6 Å². The second-order valence-corrected chi connectivity index (χ2v) is 15.1. The minimum atomic E-state index is -1.98. The lowest BCUT2D eigenvalue weighted by atomic mass is 9.99. The molecule has 0 radical (unpaired) electrons. The summed E-state index contributed by atoms with van der Waals surface area (Å²) in [6.45, 7) is 17.4.